The summed E-state index contributed by atoms with van der Waals surface area (Å²) in [6.45, 7) is 5.15. The lowest BCUT2D eigenvalue weighted by Gasteiger charge is -2.27. The zero-order valence-corrected chi connectivity index (χ0v) is 12.7. The third-order valence-electron chi connectivity index (χ3n) is 2.77. The topological polar surface area (TPSA) is 66.4 Å². The summed E-state index contributed by atoms with van der Waals surface area (Å²) in [4.78, 5) is 22.9. The van der Waals surface area contributed by atoms with Gasteiger partial charge in [-0.25, -0.2) is 9.18 Å². The van der Waals surface area contributed by atoms with Gasteiger partial charge in [0.05, 0.1) is 5.02 Å². The Balaban J connectivity index is 2.78. The largest absolute Gasteiger partial charge is 0.480 e. The maximum Gasteiger partial charge on any atom is 0.326 e. The number of amides is 1. The highest BCUT2D eigenvalue weighted by Crippen LogP contribution is 2.20. The molecule has 114 valence electrons. The van der Waals surface area contributed by atoms with Crippen molar-refractivity contribution in [3.05, 3.63) is 40.7 Å². The van der Waals surface area contributed by atoms with Gasteiger partial charge in [0.2, 0.25) is 5.91 Å². The number of carbonyl (C=O) groups is 2. The molecule has 0 bridgehead atoms. The summed E-state index contributed by atoms with van der Waals surface area (Å²) >= 11 is 5.63. The molecule has 0 fully saturated rings. The van der Waals surface area contributed by atoms with Gasteiger partial charge in [-0.1, -0.05) is 38.4 Å². The molecular weight excluding hydrogens is 297 g/mol. The molecule has 1 aromatic carbocycles. The number of hydrogen-bond acceptors (Lipinski definition) is 2. The Hall–Kier alpha value is -1.88. The van der Waals surface area contributed by atoms with Gasteiger partial charge in [0.15, 0.2) is 0 Å². The number of carboxylic acids is 1. The van der Waals surface area contributed by atoms with E-state index in [1.165, 1.54) is 30.4 Å². The summed E-state index contributed by atoms with van der Waals surface area (Å²) in [5, 5.41) is 11.5. The highest BCUT2D eigenvalue weighted by Gasteiger charge is 2.31. The molecular formula is C15H17ClFNO3. The van der Waals surface area contributed by atoms with E-state index in [1.54, 1.807) is 20.8 Å². The van der Waals surface area contributed by atoms with Crippen molar-refractivity contribution in [2.75, 3.05) is 0 Å². The van der Waals surface area contributed by atoms with E-state index in [-0.39, 0.29) is 5.02 Å². The van der Waals surface area contributed by atoms with Crippen molar-refractivity contribution in [1.82, 2.24) is 5.32 Å². The zero-order valence-electron chi connectivity index (χ0n) is 12.0. The summed E-state index contributed by atoms with van der Waals surface area (Å²) in [6.07, 6.45) is 2.62. The standard InChI is InChI=1S/C15H17ClFNO3/c1-15(2,3)13(14(20)21)18-12(19)7-5-9-4-6-11(17)10(16)8-9/h4-8,13H,1-3H3,(H,18,19)(H,20,21)/b7-5+/t13-/m0/s1. The van der Waals surface area contributed by atoms with Crippen LogP contribution < -0.4 is 5.32 Å². The summed E-state index contributed by atoms with van der Waals surface area (Å²) in [6, 6.07) is 3.02. The second kappa shape index (κ2) is 6.72. The van der Waals surface area contributed by atoms with Gasteiger partial charge in [-0.15, -0.1) is 0 Å². The molecule has 1 rings (SSSR count). The first-order chi connectivity index (χ1) is 9.61. The van der Waals surface area contributed by atoms with Gasteiger partial charge in [-0.05, 0) is 29.2 Å². The predicted molar refractivity (Wildman–Crippen MR) is 79.5 cm³/mol. The maximum atomic E-state index is 13.0. The lowest BCUT2D eigenvalue weighted by molar-refractivity contribution is -0.144. The van der Waals surface area contributed by atoms with Crippen molar-refractivity contribution in [3.63, 3.8) is 0 Å². The number of aliphatic carboxylic acids is 1. The average Bonchev–Trinajstić information content (AvgIpc) is 2.35. The molecule has 0 radical (unpaired) electrons. The summed E-state index contributed by atoms with van der Waals surface area (Å²) in [7, 11) is 0. The van der Waals surface area contributed by atoms with Gasteiger partial charge >= 0.3 is 5.97 Å². The minimum atomic E-state index is -1.10. The van der Waals surface area contributed by atoms with Crippen LogP contribution in [-0.4, -0.2) is 23.0 Å². The Morgan fingerprint density at radius 3 is 2.48 bits per heavy atom. The lowest BCUT2D eigenvalue weighted by atomic mass is 9.87. The van der Waals surface area contributed by atoms with E-state index in [2.05, 4.69) is 5.32 Å². The van der Waals surface area contributed by atoms with Crippen LogP contribution in [0, 0.1) is 11.2 Å². The first kappa shape index (κ1) is 17.2. The maximum absolute atomic E-state index is 13.0. The Morgan fingerprint density at radius 1 is 1.38 bits per heavy atom. The Labute approximate surface area is 127 Å². The molecule has 1 amide bonds. The van der Waals surface area contributed by atoms with Crippen molar-refractivity contribution in [3.8, 4) is 0 Å². The van der Waals surface area contributed by atoms with E-state index in [1.807, 2.05) is 0 Å². The highest BCUT2D eigenvalue weighted by atomic mass is 35.5. The Kier molecular flexibility index (Phi) is 5.49. The number of benzene rings is 1. The molecule has 0 unspecified atom stereocenters. The molecule has 21 heavy (non-hydrogen) atoms. The number of rotatable bonds is 4. The van der Waals surface area contributed by atoms with E-state index in [0.29, 0.717) is 5.56 Å². The van der Waals surface area contributed by atoms with Crippen LogP contribution in [0.25, 0.3) is 6.08 Å². The van der Waals surface area contributed by atoms with Gasteiger partial charge in [0.25, 0.3) is 0 Å². The van der Waals surface area contributed by atoms with Gasteiger partial charge in [0.1, 0.15) is 11.9 Å². The SMILES string of the molecule is CC(C)(C)[C@@H](NC(=O)/C=C/c1ccc(F)c(Cl)c1)C(=O)O. The number of hydrogen-bond donors (Lipinski definition) is 2. The van der Waals surface area contributed by atoms with Gasteiger partial charge in [-0.2, -0.15) is 0 Å². The quantitative estimate of drug-likeness (QED) is 0.839. The number of carbonyl (C=O) groups excluding carboxylic acids is 1. The number of halogens is 2. The monoisotopic (exact) mass is 313 g/mol. The fraction of sp³-hybridized carbons (Fsp3) is 0.333. The molecule has 1 aromatic rings. The molecule has 0 aliphatic rings. The third-order valence-corrected chi connectivity index (χ3v) is 3.06. The second-order valence-corrected chi connectivity index (χ2v) is 6.06. The average molecular weight is 314 g/mol. The fourth-order valence-electron chi connectivity index (χ4n) is 1.63. The molecule has 2 N–H and O–H groups in total. The molecule has 4 nitrogen and oxygen atoms in total. The molecule has 0 aliphatic carbocycles. The molecule has 0 saturated carbocycles. The van der Waals surface area contributed by atoms with E-state index >= 15 is 0 Å². The van der Waals surface area contributed by atoms with Crippen molar-refractivity contribution < 1.29 is 19.1 Å². The minimum Gasteiger partial charge on any atom is -0.480 e. The van der Waals surface area contributed by atoms with Crippen LogP contribution in [0.15, 0.2) is 24.3 Å². The van der Waals surface area contributed by atoms with Crippen LogP contribution >= 0.6 is 11.6 Å². The fourth-order valence-corrected chi connectivity index (χ4v) is 1.82. The van der Waals surface area contributed by atoms with Crippen molar-refractivity contribution in [1.29, 1.82) is 0 Å². The van der Waals surface area contributed by atoms with Crippen LogP contribution in [0.2, 0.25) is 5.02 Å². The molecule has 0 aliphatic heterocycles. The van der Waals surface area contributed by atoms with E-state index in [9.17, 15) is 14.0 Å². The van der Waals surface area contributed by atoms with Crippen LogP contribution in [0.1, 0.15) is 26.3 Å². The molecule has 0 saturated heterocycles. The zero-order chi connectivity index (χ0) is 16.2. The molecule has 0 aromatic heterocycles. The Bertz CT molecular complexity index is 579. The number of nitrogens with one attached hydrogen (secondary N) is 1. The third kappa shape index (κ3) is 5.19. The molecule has 6 heteroatoms. The first-order valence-electron chi connectivity index (χ1n) is 6.27. The van der Waals surface area contributed by atoms with E-state index in [0.717, 1.165) is 0 Å². The Morgan fingerprint density at radius 2 is 2.00 bits per heavy atom. The van der Waals surface area contributed by atoms with Gasteiger partial charge in [-0.3, -0.25) is 4.79 Å². The highest BCUT2D eigenvalue weighted by molar-refractivity contribution is 6.30. The second-order valence-electron chi connectivity index (χ2n) is 5.65. The van der Waals surface area contributed by atoms with E-state index in [4.69, 9.17) is 16.7 Å². The lowest BCUT2D eigenvalue weighted by Crippen LogP contribution is -2.48. The normalized spacial score (nSPS) is 13.2. The molecule has 0 spiro atoms. The van der Waals surface area contributed by atoms with Gasteiger partial charge < -0.3 is 10.4 Å². The predicted octanol–water partition coefficient (Wildman–Crippen LogP) is 3.11. The molecule has 1 atom stereocenters. The van der Waals surface area contributed by atoms with Gasteiger partial charge in [0, 0.05) is 6.08 Å². The van der Waals surface area contributed by atoms with E-state index < -0.39 is 29.2 Å². The first-order valence-corrected chi connectivity index (χ1v) is 6.65. The summed E-state index contributed by atoms with van der Waals surface area (Å²) in [5.41, 5.74) is -0.0756. The molecule has 0 heterocycles. The van der Waals surface area contributed by atoms with Crippen LogP contribution in [0.3, 0.4) is 0 Å². The summed E-state index contributed by atoms with van der Waals surface area (Å²) < 4.78 is 13.0. The number of carboxylic acid groups (broad SMARTS) is 1. The van der Waals surface area contributed by atoms with Crippen molar-refractivity contribution in [2.24, 2.45) is 5.41 Å². The van der Waals surface area contributed by atoms with Crippen LogP contribution in [-0.2, 0) is 9.59 Å². The van der Waals surface area contributed by atoms with Crippen LogP contribution in [0.5, 0.6) is 0 Å². The minimum absolute atomic E-state index is 0.0457. The smallest absolute Gasteiger partial charge is 0.326 e. The van der Waals surface area contributed by atoms with Crippen LogP contribution in [0.4, 0.5) is 4.39 Å². The van der Waals surface area contributed by atoms with Crippen molar-refractivity contribution >= 4 is 29.6 Å². The van der Waals surface area contributed by atoms with Crippen molar-refractivity contribution in [2.45, 2.75) is 26.8 Å². The summed E-state index contributed by atoms with van der Waals surface area (Å²) in [5.74, 6) is -2.19.